The summed E-state index contributed by atoms with van der Waals surface area (Å²) in [4.78, 5) is 30.7. The zero-order valence-electron chi connectivity index (χ0n) is 17.8. The minimum absolute atomic E-state index is 0.000000396. The first-order valence-electron chi connectivity index (χ1n) is 9.56. The van der Waals surface area contributed by atoms with E-state index in [1.165, 1.54) is 12.5 Å². The van der Waals surface area contributed by atoms with E-state index < -0.39 is 39.9 Å². The molecule has 4 unspecified atom stereocenters. The van der Waals surface area contributed by atoms with E-state index in [4.69, 9.17) is 4.74 Å². The van der Waals surface area contributed by atoms with Crippen molar-refractivity contribution in [2.45, 2.75) is 71.5 Å². The second-order valence-electron chi connectivity index (χ2n) is 7.80. The van der Waals surface area contributed by atoms with Crippen molar-refractivity contribution in [3.8, 4) is 0 Å². The Balaban J connectivity index is 2.41. The van der Waals surface area contributed by atoms with Crippen LogP contribution >= 0.6 is 15.6 Å². The quantitative estimate of drug-likeness (QED) is 0.219. The fraction of sp³-hybridized carbons (Fsp3) is 0.722. The molecule has 0 saturated carbocycles. The lowest BCUT2D eigenvalue weighted by Gasteiger charge is -2.33. The number of rotatable bonds is 12. The van der Waals surface area contributed by atoms with Crippen LogP contribution in [0.3, 0.4) is 0 Å². The maximum absolute atomic E-state index is 11.9. The third-order valence-corrected chi connectivity index (χ3v) is 6.79. The molecule has 0 aromatic heterocycles. The van der Waals surface area contributed by atoms with Crippen LogP contribution in [0.5, 0.6) is 0 Å². The predicted octanol–water partition coefficient (Wildman–Crippen LogP) is 3.78. The van der Waals surface area contributed by atoms with Gasteiger partial charge in [-0.1, -0.05) is 23.3 Å². The normalized spacial score (nSPS) is 26.4. The number of carbonyl (C=O) groups is 1. The first-order chi connectivity index (χ1) is 13.7. The molecule has 1 aliphatic rings. The molecule has 10 nitrogen and oxygen atoms in total. The van der Waals surface area contributed by atoms with Gasteiger partial charge in [0, 0.05) is 12.8 Å². The first kappa shape index (κ1) is 27.2. The highest BCUT2D eigenvalue weighted by Gasteiger charge is 2.38. The van der Waals surface area contributed by atoms with Crippen LogP contribution in [0, 0.1) is 0 Å². The van der Waals surface area contributed by atoms with Crippen LogP contribution in [0.4, 0.5) is 0 Å². The molecule has 0 aromatic rings. The van der Waals surface area contributed by atoms with Crippen LogP contribution < -0.4 is 0 Å². The molecule has 1 saturated heterocycles. The van der Waals surface area contributed by atoms with Crippen molar-refractivity contribution in [1.82, 2.24) is 0 Å². The molecule has 1 fully saturated rings. The van der Waals surface area contributed by atoms with E-state index in [2.05, 4.69) is 19.4 Å². The average molecular weight is 470 g/mol. The largest absolute Gasteiger partial charge is 0.481 e. The molecule has 30 heavy (non-hydrogen) atoms. The molecule has 174 valence electrons. The van der Waals surface area contributed by atoms with Gasteiger partial charge in [-0.15, -0.1) is 0 Å². The summed E-state index contributed by atoms with van der Waals surface area (Å²) in [6.45, 7) is 6.62. The second-order valence-corrected chi connectivity index (χ2v) is 10.8. The Bertz CT molecular complexity index is 739. The summed E-state index contributed by atoms with van der Waals surface area (Å²) >= 11 is 0. The number of cyclic esters (lactones) is 1. The Labute approximate surface area is 177 Å². The number of carbonyl (C=O) groups excluding carboxylic acids is 1. The Morgan fingerprint density at radius 2 is 1.83 bits per heavy atom. The summed E-state index contributed by atoms with van der Waals surface area (Å²) < 4.78 is 42.4. The lowest BCUT2D eigenvalue weighted by atomic mass is 9.91. The summed E-state index contributed by atoms with van der Waals surface area (Å²) in [5, 5.41) is 9.96. The van der Waals surface area contributed by atoms with Crippen molar-refractivity contribution in [3.63, 3.8) is 0 Å². The van der Waals surface area contributed by atoms with Crippen LogP contribution in [0.2, 0.25) is 0 Å². The Kier molecular flexibility index (Phi) is 10.6. The summed E-state index contributed by atoms with van der Waals surface area (Å²) in [6.07, 6.45) is 4.50. The van der Waals surface area contributed by atoms with E-state index in [1.54, 1.807) is 6.08 Å². The lowest BCUT2D eigenvalue weighted by Crippen LogP contribution is -2.41. The van der Waals surface area contributed by atoms with E-state index in [0.29, 0.717) is 0 Å². The Hall–Kier alpha value is -0.830. The third kappa shape index (κ3) is 12.1. The molecule has 12 heteroatoms. The molecule has 0 bridgehead atoms. The molecule has 0 aliphatic carbocycles. The number of aliphatic hydroxyl groups is 1. The Morgan fingerprint density at radius 1 is 1.20 bits per heavy atom. The monoisotopic (exact) mass is 470 g/mol. The van der Waals surface area contributed by atoms with Crippen molar-refractivity contribution >= 4 is 21.6 Å². The van der Waals surface area contributed by atoms with Crippen LogP contribution in [0.15, 0.2) is 23.3 Å². The summed E-state index contributed by atoms with van der Waals surface area (Å²) in [5.41, 5.74) is 0.887. The van der Waals surface area contributed by atoms with Crippen molar-refractivity contribution in [3.05, 3.63) is 23.3 Å². The predicted molar refractivity (Wildman–Crippen MR) is 109 cm³/mol. The molecule has 0 amide bonds. The van der Waals surface area contributed by atoms with E-state index in [1.807, 2.05) is 20.8 Å². The van der Waals surface area contributed by atoms with Crippen molar-refractivity contribution in [1.29, 1.82) is 0 Å². The van der Waals surface area contributed by atoms with Gasteiger partial charge in [-0.25, -0.2) is 9.13 Å². The highest BCUT2D eigenvalue weighted by Crippen LogP contribution is 2.60. The minimum Gasteiger partial charge on any atom is -0.462 e. The molecule has 1 rings (SSSR count). The molecule has 0 radical (unpaired) electrons. The third-order valence-electron chi connectivity index (χ3n) is 4.15. The lowest BCUT2D eigenvalue weighted by molar-refractivity contribution is -0.168. The summed E-state index contributed by atoms with van der Waals surface area (Å²) in [7, 11) is -9.73. The maximum atomic E-state index is 11.9. The fourth-order valence-corrected chi connectivity index (χ4v) is 4.76. The van der Waals surface area contributed by atoms with Crippen molar-refractivity contribution in [2.24, 2.45) is 0 Å². The van der Waals surface area contributed by atoms with Gasteiger partial charge in [0.1, 0.15) is 6.10 Å². The van der Waals surface area contributed by atoms with Gasteiger partial charge in [0.2, 0.25) is 0 Å². The van der Waals surface area contributed by atoms with Crippen molar-refractivity contribution < 1.29 is 46.9 Å². The zero-order chi connectivity index (χ0) is 23.0. The first-order valence-corrected chi connectivity index (χ1v) is 12.6. The number of hydrogen-bond acceptors (Lipinski definition) is 8. The van der Waals surface area contributed by atoms with Gasteiger partial charge in [-0.2, -0.15) is 4.31 Å². The summed E-state index contributed by atoms with van der Waals surface area (Å²) in [5.74, 6) is -0.586. The van der Waals surface area contributed by atoms with Gasteiger partial charge >= 0.3 is 21.6 Å². The van der Waals surface area contributed by atoms with E-state index in [-0.39, 0.29) is 25.9 Å². The van der Waals surface area contributed by atoms with Crippen molar-refractivity contribution in [2.75, 3.05) is 13.2 Å². The van der Waals surface area contributed by atoms with Crippen LogP contribution in [0.25, 0.3) is 0 Å². The second kappa shape index (κ2) is 11.7. The van der Waals surface area contributed by atoms with Gasteiger partial charge in [-0.3, -0.25) is 13.8 Å². The molecular formula is C18H32O10P2. The van der Waals surface area contributed by atoms with E-state index in [0.717, 1.165) is 18.4 Å². The molecular weight excluding hydrogens is 438 g/mol. The molecule has 1 aliphatic heterocycles. The van der Waals surface area contributed by atoms with Gasteiger partial charge in [-0.05, 0) is 40.5 Å². The molecule has 4 atom stereocenters. The minimum atomic E-state index is -4.89. The van der Waals surface area contributed by atoms with Crippen LogP contribution in [0.1, 0.15) is 59.8 Å². The van der Waals surface area contributed by atoms with Gasteiger partial charge < -0.3 is 19.6 Å². The summed E-state index contributed by atoms with van der Waals surface area (Å²) in [6, 6.07) is 0. The molecule has 3 N–H and O–H groups in total. The molecule has 1 heterocycles. The van der Waals surface area contributed by atoms with Gasteiger partial charge in [0.25, 0.3) is 0 Å². The number of phosphoric acid groups is 2. The average Bonchev–Trinajstić information content (AvgIpc) is 2.50. The number of esters is 1. The van der Waals surface area contributed by atoms with E-state index >= 15 is 0 Å². The topological polar surface area (TPSA) is 149 Å². The number of phosphoric ester groups is 2. The maximum Gasteiger partial charge on any atom is 0.481 e. The van der Waals surface area contributed by atoms with Gasteiger partial charge in [0.15, 0.2) is 0 Å². The highest BCUT2D eigenvalue weighted by molar-refractivity contribution is 7.61. The standard InChI is InChI=1S/C18H32O10P2/c1-14(2)6-5-7-15(3)8-10-25-29(21,22)28-30(23,24)26-11-9-16-12-18(4,20)13-17(19)27-16/h6,8,16,20H,5,7,9-13H2,1-4H3,(H,21,22)(H,23,24)/b15-8+. The molecule has 0 spiro atoms. The smallest absolute Gasteiger partial charge is 0.462 e. The number of ether oxygens (including phenoxy) is 1. The zero-order valence-corrected chi connectivity index (χ0v) is 19.6. The van der Waals surface area contributed by atoms with E-state index in [9.17, 15) is 28.8 Å². The number of hydrogen-bond donors (Lipinski definition) is 3. The fourth-order valence-electron chi connectivity index (χ4n) is 2.75. The van der Waals surface area contributed by atoms with Crippen LogP contribution in [-0.4, -0.2) is 45.8 Å². The van der Waals surface area contributed by atoms with Crippen LogP contribution in [-0.2, 0) is 32.0 Å². The van der Waals surface area contributed by atoms with Gasteiger partial charge in [0.05, 0.1) is 25.2 Å². The SMILES string of the molecule is CC(C)=CCC/C(C)=C/COP(=O)(O)OP(=O)(O)OCCC1CC(C)(O)CC(=O)O1. The number of allylic oxidation sites excluding steroid dienone is 3. The highest BCUT2D eigenvalue weighted by atomic mass is 31.3. The molecule has 0 aromatic carbocycles. The Morgan fingerprint density at radius 3 is 2.43 bits per heavy atom.